The predicted molar refractivity (Wildman–Crippen MR) is 58.6 cm³/mol. The lowest BCUT2D eigenvalue weighted by atomic mass is 9.84. The molecule has 1 aromatic rings. The van der Waals surface area contributed by atoms with E-state index in [4.69, 9.17) is 5.73 Å². The molecule has 0 aromatic heterocycles. The van der Waals surface area contributed by atoms with E-state index < -0.39 is 0 Å². The summed E-state index contributed by atoms with van der Waals surface area (Å²) in [6, 6.07) is 8.37. The Morgan fingerprint density at radius 2 is 1.85 bits per heavy atom. The van der Waals surface area contributed by atoms with Gasteiger partial charge in [-0.2, -0.15) is 0 Å². The van der Waals surface area contributed by atoms with E-state index in [1.807, 2.05) is 6.08 Å². The van der Waals surface area contributed by atoms with Gasteiger partial charge in [-0.25, -0.2) is 0 Å². The second-order valence-electron chi connectivity index (χ2n) is 3.91. The summed E-state index contributed by atoms with van der Waals surface area (Å²) in [5.74, 6) is 0. The maximum Gasteiger partial charge on any atom is 0.00190 e. The first-order valence-electron chi connectivity index (χ1n) is 4.53. The summed E-state index contributed by atoms with van der Waals surface area (Å²) < 4.78 is 0. The monoisotopic (exact) mass is 175 g/mol. The van der Waals surface area contributed by atoms with Crippen LogP contribution in [0.25, 0.3) is 6.08 Å². The van der Waals surface area contributed by atoms with Crippen LogP contribution in [0.3, 0.4) is 0 Å². The van der Waals surface area contributed by atoms with Crippen molar-refractivity contribution in [2.75, 3.05) is 6.54 Å². The Hall–Kier alpha value is -1.08. The molecule has 13 heavy (non-hydrogen) atoms. The molecule has 1 nitrogen and oxygen atoms in total. The van der Waals surface area contributed by atoms with Crippen molar-refractivity contribution in [3.8, 4) is 0 Å². The predicted octanol–water partition coefficient (Wildman–Crippen LogP) is 2.57. The Morgan fingerprint density at radius 3 is 2.23 bits per heavy atom. The van der Waals surface area contributed by atoms with Gasteiger partial charge in [0.15, 0.2) is 0 Å². The second-order valence-corrected chi connectivity index (χ2v) is 3.91. The molecule has 0 radical (unpaired) electrons. The lowest BCUT2D eigenvalue weighted by Crippen LogP contribution is -2.27. The molecule has 0 bridgehead atoms. The van der Waals surface area contributed by atoms with Crippen LogP contribution in [0.4, 0.5) is 0 Å². The zero-order valence-electron chi connectivity index (χ0n) is 8.38. The van der Waals surface area contributed by atoms with Gasteiger partial charge in [0.05, 0.1) is 0 Å². The van der Waals surface area contributed by atoms with Gasteiger partial charge in [-0.3, -0.25) is 0 Å². The van der Waals surface area contributed by atoms with Crippen LogP contribution in [0.1, 0.15) is 25.0 Å². The zero-order chi connectivity index (χ0) is 9.90. The maximum atomic E-state index is 5.69. The van der Waals surface area contributed by atoms with E-state index in [-0.39, 0.29) is 5.41 Å². The fourth-order valence-electron chi connectivity index (χ4n) is 1.19. The van der Waals surface area contributed by atoms with Gasteiger partial charge < -0.3 is 5.73 Å². The van der Waals surface area contributed by atoms with E-state index in [1.165, 1.54) is 5.56 Å². The standard InChI is InChI=1S/C12H17N/c1-4-10-5-7-11(8-6-10)12(2,3)9-13/h4-8H,1,9,13H2,2-3H3. The largest absolute Gasteiger partial charge is 0.330 e. The molecule has 0 spiro atoms. The smallest absolute Gasteiger partial charge is 0.00190 e. The fraction of sp³-hybridized carbons (Fsp3) is 0.333. The molecule has 0 unspecified atom stereocenters. The van der Waals surface area contributed by atoms with Gasteiger partial charge in [0, 0.05) is 12.0 Å². The van der Waals surface area contributed by atoms with Crippen molar-refractivity contribution in [2.24, 2.45) is 5.73 Å². The van der Waals surface area contributed by atoms with Crippen molar-refractivity contribution in [1.82, 2.24) is 0 Å². The van der Waals surface area contributed by atoms with E-state index in [0.717, 1.165) is 5.56 Å². The number of nitrogens with two attached hydrogens (primary N) is 1. The van der Waals surface area contributed by atoms with Gasteiger partial charge in [-0.1, -0.05) is 50.8 Å². The molecule has 1 aromatic carbocycles. The normalized spacial score (nSPS) is 11.3. The van der Waals surface area contributed by atoms with E-state index in [1.54, 1.807) is 0 Å². The number of hydrogen-bond donors (Lipinski definition) is 1. The molecule has 0 fully saturated rings. The number of benzene rings is 1. The summed E-state index contributed by atoms with van der Waals surface area (Å²) in [7, 11) is 0. The molecule has 0 atom stereocenters. The maximum absolute atomic E-state index is 5.69. The molecule has 1 rings (SSSR count). The zero-order valence-corrected chi connectivity index (χ0v) is 8.38. The average Bonchev–Trinajstić information content (AvgIpc) is 2.18. The first kappa shape index (κ1) is 10.0. The van der Waals surface area contributed by atoms with Gasteiger partial charge in [0.2, 0.25) is 0 Å². The van der Waals surface area contributed by atoms with E-state index >= 15 is 0 Å². The van der Waals surface area contributed by atoms with Crippen molar-refractivity contribution < 1.29 is 0 Å². The lowest BCUT2D eigenvalue weighted by molar-refractivity contribution is 0.539. The van der Waals surface area contributed by atoms with Crippen LogP contribution < -0.4 is 5.73 Å². The molecule has 1 heteroatoms. The van der Waals surface area contributed by atoms with Crippen LogP contribution in [-0.2, 0) is 5.41 Å². The van der Waals surface area contributed by atoms with Gasteiger partial charge in [-0.05, 0) is 11.1 Å². The quantitative estimate of drug-likeness (QED) is 0.750. The molecular formula is C12H17N. The molecule has 0 saturated carbocycles. The Morgan fingerprint density at radius 1 is 1.31 bits per heavy atom. The minimum atomic E-state index is 0.0691. The third kappa shape index (κ3) is 2.19. The summed E-state index contributed by atoms with van der Waals surface area (Å²) in [6.07, 6.45) is 1.85. The molecule has 0 aliphatic heterocycles. The van der Waals surface area contributed by atoms with Crippen LogP contribution in [0.2, 0.25) is 0 Å². The van der Waals surface area contributed by atoms with E-state index in [9.17, 15) is 0 Å². The lowest BCUT2D eigenvalue weighted by Gasteiger charge is -2.22. The van der Waals surface area contributed by atoms with Crippen molar-refractivity contribution >= 4 is 6.08 Å². The first-order chi connectivity index (χ1) is 6.10. The Labute approximate surface area is 80.3 Å². The Kier molecular flexibility index (Phi) is 2.89. The van der Waals surface area contributed by atoms with Crippen LogP contribution in [0.15, 0.2) is 30.8 Å². The van der Waals surface area contributed by atoms with Gasteiger partial charge in [0.25, 0.3) is 0 Å². The van der Waals surface area contributed by atoms with Crippen LogP contribution in [0.5, 0.6) is 0 Å². The number of rotatable bonds is 3. The number of hydrogen-bond acceptors (Lipinski definition) is 1. The minimum Gasteiger partial charge on any atom is -0.330 e. The molecule has 0 aliphatic carbocycles. The summed E-state index contributed by atoms with van der Waals surface area (Å²) in [5, 5.41) is 0. The summed E-state index contributed by atoms with van der Waals surface area (Å²) in [4.78, 5) is 0. The van der Waals surface area contributed by atoms with Gasteiger partial charge in [-0.15, -0.1) is 0 Å². The third-order valence-corrected chi connectivity index (χ3v) is 2.44. The third-order valence-electron chi connectivity index (χ3n) is 2.44. The van der Waals surface area contributed by atoms with Crippen molar-refractivity contribution in [2.45, 2.75) is 19.3 Å². The van der Waals surface area contributed by atoms with E-state index in [2.05, 4.69) is 44.7 Å². The fourth-order valence-corrected chi connectivity index (χ4v) is 1.19. The highest BCUT2D eigenvalue weighted by molar-refractivity contribution is 5.47. The molecule has 0 saturated heterocycles. The summed E-state index contributed by atoms with van der Waals surface area (Å²) in [5.41, 5.74) is 8.19. The van der Waals surface area contributed by atoms with Gasteiger partial charge >= 0.3 is 0 Å². The topological polar surface area (TPSA) is 26.0 Å². The molecule has 2 N–H and O–H groups in total. The molecular weight excluding hydrogens is 158 g/mol. The van der Waals surface area contributed by atoms with Gasteiger partial charge in [0.1, 0.15) is 0 Å². The Balaban J connectivity index is 2.98. The van der Waals surface area contributed by atoms with Crippen LogP contribution in [-0.4, -0.2) is 6.54 Å². The molecule has 0 heterocycles. The first-order valence-corrected chi connectivity index (χ1v) is 4.53. The molecule has 0 amide bonds. The van der Waals surface area contributed by atoms with Crippen LogP contribution >= 0.6 is 0 Å². The summed E-state index contributed by atoms with van der Waals surface area (Å²) in [6.45, 7) is 8.68. The highest BCUT2D eigenvalue weighted by Crippen LogP contribution is 2.21. The van der Waals surface area contributed by atoms with E-state index in [0.29, 0.717) is 6.54 Å². The highest BCUT2D eigenvalue weighted by atomic mass is 14.6. The highest BCUT2D eigenvalue weighted by Gasteiger charge is 2.17. The van der Waals surface area contributed by atoms with Crippen molar-refractivity contribution in [3.63, 3.8) is 0 Å². The minimum absolute atomic E-state index is 0.0691. The van der Waals surface area contributed by atoms with Crippen molar-refractivity contribution in [1.29, 1.82) is 0 Å². The molecule has 0 aliphatic rings. The Bertz CT molecular complexity index is 282. The van der Waals surface area contributed by atoms with Crippen LogP contribution in [0, 0.1) is 0 Å². The average molecular weight is 175 g/mol. The molecule has 70 valence electrons. The second kappa shape index (κ2) is 3.75. The SMILES string of the molecule is C=Cc1ccc(C(C)(C)CN)cc1. The van der Waals surface area contributed by atoms with Crippen molar-refractivity contribution in [3.05, 3.63) is 42.0 Å². The summed E-state index contributed by atoms with van der Waals surface area (Å²) >= 11 is 0.